The molecule has 1 aliphatic heterocycles. The molecule has 0 saturated heterocycles. The number of benzene rings is 2. The summed E-state index contributed by atoms with van der Waals surface area (Å²) in [6.07, 6.45) is 0.788. The number of hydrogen-bond donors (Lipinski definition) is 1. The molecule has 1 N–H and O–H groups in total. The highest BCUT2D eigenvalue weighted by Gasteiger charge is 2.34. The number of carbonyl (C=O) groups excluding carboxylic acids is 2. The van der Waals surface area contributed by atoms with Gasteiger partial charge >= 0.3 is 0 Å². The second kappa shape index (κ2) is 7.09. The lowest BCUT2D eigenvalue weighted by Crippen LogP contribution is -2.46. The van der Waals surface area contributed by atoms with E-state index in [1.807, 2.05) is 30.3 Å². The minimum Gasteiger partial charge on any atom is -0.350 e. The summed E-state index contributed by atoms with van der Waals surface area (Å²) >= 11 is 0. The van der Waals surface area contributed by atoms with Crippen molar-refractivity contribution >= 4 is 11.8 Å². The summed E-state index contributed by atoms with van der Waals surface area (Å²) in [4.78, 5) is 26.6. The quantitative estimate of drug-likeness (QED) is 0.936. The van der Waals surface area contributed by atoms with E-state index in [1.165, 1.54) is 18.1 Å². The molecule has 3 rings (SSSR count). The number of rotatable bonds is 3. The fourth-order valence-corrected chi connectivity index (χ4v) is 3.39. The Bertz CT molecular complexity index is 813. The highest BCUT2D eigenvalue weighted by Crippen LogP contribution is 2.30. The predicted octanol–water partition coefficient (Wildman–Crippen LogP) is 3.07. The number of fused-ring (bicyclic) bond motifs is 1. The Morgan fingerprint density at radius 1 is 1.12 bits per heavy atom. The molecule has 1 unspecified atom stereocenters. The van der Waals surface area contributed by atoms with Gasteiger partial charge in [-0.25, -0.2) is 0 Å². The summed E-state index contributed by atoms with van der Waals surface area (Å²) in [6.45, 7) is 6.70. The molecular weight excluding hydrogens is 312 g/mol. The summed E-state index contributed by atoms with van der Waals surface area (Å²) < 4.78 is 0. The zero-order chi connectivity index (χ0) is 18.0. The van der Waals surface area contributed by atoms with Crippen LogP contribution in [0.3, 0.4) is 0 Å². The van der Waals surface area contributed by atoms with Crippen molar-refractivity contribution in [3.8, 4) is 0 Å². The molecular formula is C21H24N2O2. The fourth-order valence-electron chi connectivity index (χ4n) is 3.39. The van der Waals surface area contributed by atoms with E-state index < -0.39 is 6.04 Å². The molecule has 0 fully saturated rings. The maximum atomic E-state index is 12.9. The largest absolute Gasteiger partial charge is 0.350 e. The van der Waals surface area contributed by atoms with Crippen LogP contribution in [0, 0.1) is 13.8 Å². The predicted molar refractivity (Wildman–Crippen MR) is 98.0 cm³/mol. The summed E-state index contributed by atoms with van der Waals surface area (Å²) in [5.74, 6) is -0.193. The molecule has 2 aromatic rings. The molecule has 0 radical (unpaired) electrons. The van der Waals surface area contributed by atoms with Gasteiger partial charge in [0, 0.05) is 20.0 Å². The van der Waals surface area contributed by atoms with Crippen molar-refractivity contribution in [1.29, 1.82) is 0 Å². The molecule has 0 aromatic heterocycles. The number of amides is 2. The van der Waals surface area contributed by atoms with E-state index in [0.717, 1.165) is 23.1 Å². The van der Waals surface area contributed by atoms with Gasteiger partial charge in [0.05, 0.1) is 0 Å². The van der Waals surface area contributed by atoms with Gasteiger partial charge in [-0.15, -0.1) is 0 Å². The highest BCUT2D eigenvalue weighted by molar-refractivity contribution is 5.88. The maximum Gasteiger partial charge on any atom is 0.247 e. The van der Waals surface area contributed by atoms with E-state index in [4.69, 9.17) is 0 Å². The van der Waals surface area contributed by atoms with Crippen LogP contribution < -0.4 is 5.32 Å². The zero-order valence-corrected chi connectivity index (χ0v) is 15.0. The Morgan fingerprint density at radius 2 is 1.88 bits per heavy atom. The lowest BCUT2D eigenvalue weighted by molar-refractivity contribution is -0.139. The third-order valence-electron chi connectivity index (χ3n) is 4.97. The molecule has 0 spiro atoms. The van der Waals surface area contributed by atoms with E-state index >= 15 is 0 Å². The molecule has 4 heteroatoms. The lowest BCUT2D eigenvalue weighted by Gasteiger charge is -2.35. The van der Waals surface area contributed by atoms with Gasteiger partial charge < -0.3 is 10.2 Å². The summed E-state index contributed by atoms with van der Waals surface area (Å²) in [6, 6.07) is 13.5. The van der Waals surface area contributed by atoms with Crippen LogP contribution in [0.5, 0.6) is 0 Å². The number of aryl methyl sites for hydroxylation is 2. The van der Waals surface area contributed by atoms with Crippen LogP contribution in [0.2, 0.25) is 0 Å². The molecule has 4 nitrogen and oxygen atoms in total. The van der Waals surface area contributed by atoms with Crippen molar-refractivity contribution in [2.45, 2.75) is 39.8 Å². The van der Waals surface area contributed by atoms with Crippen LogP contribution in [0.4, 0.5) is 0 Å². The van der Waals surface area contributed by atoms with Crippen LogP contribution in [0.25, 0.3) is 0 Å². The van der Waals surface area contributed by atoms with E-state index in [2.05, 4.69) is 31.3 Å². The molecule has 1 atom stereocenters. The van der Waals surface area contributed by atoms with Crippen LogP contribution in [-0.2, 0) is 22.6 Å². The first-order chi connectivity index (χ1) is 12.0. The van der Waals surface area contributed by atoms with Crippen molar-refractivity contribution in [3.63, 3.8) is 0 Å². The summed E-state index contributed by atoms with van der Waals surface area (Å²) in [5, 5.41) is 3.01. The van der Waals surface area contributed by atoms with Crippen LogP contribution in [-0.4, -0.2) is 23.3 Å². The van der Waals surface area contributed by atoms with Crippen molar-refractivity contribution in [2.75, 3.05) is 6.54 Å². The fraction of sp³-hybridized carbons (Fsp3) is 0.333. The van der Waals surface area contributed by atoms with Gasteiger partial charge in [0.25, 0.3) is 0 Å². The van der Waals surface area contributed by atoms with Gasteiger partial charge in [0.1, 0.15) is 6.04 Å². The average molecular weight is 336 g/mol. The third-order valence-corrected chi connectivity index (χ3v) is 4.97. The van der Waals surface area contributed by atoms with Gasteiger partial charge in [0.2, 0.25) is 11.8 Å². The van der Waals surface area contributed by atoms with Crippen molar-refractivity contribution in [1.82, 2.24) is 10.2 Å². The number of carbonyl (C=O) groups is 2. The molecule has 2 amide bonds. The first-order valence-corrected chi connectivity index (χ1v) is 8.66. The molecule has 1 heterocycles. The second-order valence-electron chi connectivity index (χ2n) is 6.70. The molecule has 2 aromatic carbocycles. The summed E-state index contributed by atoms with van der Waals surface area (Å²) in [5.41, 5.74) is 5.59. The van der Waals surface area contributed by atoms with Crippen molar-refractivity contribution in [2.24, 2.45) is 0 Å². The molecule has 0 saturated carbocycles. The first-order valence-electron chi connectivity index (χ1n) is 8.66. The molecule has 0 bridgehead atoms. The van der Waals surface area contributed by atoms with Gasteiger partial charge in [-0.1, -0.05) is 42.5 Å². The Morgan fingerprint density at radius 3 is 2.60 bits per heavy atom. The minimum atomic E-state index is -0.547. The smallest absolute Gasteiger partial charge is 0.247 e. The van der Waals surface area contributed by atoms with E-state index in [9.17, 15) is 9.59 Å². The Labute approximate surface area is 148 Å². The second-order valence-corrected chi connectivity index (χ2v) is 6.70. The maximum absolute atomic E-state index is 12.9. The third kappa shape index (κ3) is 3.58. The molecule has 0 aliphatic carbocycles. The van der Waals surface area contributed by atoms with Crippen molar-refractivity contribution < 1.29 is 9.59 Å². The van der Waals surface area contributed by atoms with Gasteiger partial charge in [0.15, 0.2) is 0 Å². The van der Waals surface area contributed by atoms with Crippen LogP contribution in [0.15, 0.2) is 42.5 Å². The standard InChI is InChI=1S/C21H24N2O2/c1-14-8-9-17(12-15(14)2)13-22-21(25)20-19-7-5-4-6-18(19)10-11-23(20)16(3)24/h4-9,12,20H,10-11,13H2,1-3H3,(H,22,25). The zero-order valence-electron chi connectivity index (χ0n) is 15.0. The Balaban J connectivity index is 1.81. The van der Waals surface area contributed by atoms with E-state index in [1.54, 1.807) is 4.90 Å². The topological polar surface area (TPSA) is 49.4 Å². The molecule has 1 aliphatic rings. The first kappa shape index (κ1) is 17.2. The normalized spacial score (nSPS) is 16.3. The van der Waals surface area contributed by atoms with E-state index in [-0.39, 0.29) is 11.8 Å². The monoisotopic (exact) mass is 336 g/mol. The minimum absolute atomic E-state index is 0.0687. The van der Waals surface area contributed by atoms with Crippen LogP contribution >= 0.6 is 0 Å². The Hall–Kier alpha value is -2.62. The lowest BCUT2D eigenvalue weighted by atomic mass is 9.92. The number of nitrogens with zero attached hydrogens (tertiary/aromatic N) is 1. The van der Waals surface area contributed by atoms with Gasteiger partial charge in [-0.3, -0.25) is 9.59 Å². The molecule has 25 heavy (non-hydrogen) atoms. The summed E-state index contributed by atoms with van der Waals surface area (Å²) in [7, 11) is 0. The number of nitrogens with one attached hydrogen (secondary N) is 1. The Kier molecular flexibility index (Phi) is 4.88. The van der Waals surface area contributed by atoms with Gasteiger partial charge in [-0.05, 0) is 48.1 Å². The SMILES string of the molecule is CC(=O)N1CCc2ccccc2C1C(=O)NCc1ccc(C)c(C)c1. The van der Waals surface area contributed by atoms with E-state index in [0.29, 0.717) is 13.1 Å². The van der Waals surface area contributed by atoms with Crippen LogP contribution in [0.1, 0.15) is 40.8 Å². The average Bonchev–Trinajstić information content (AvgIpc) is 2.61. The molecule has 130 valence electrons. The van der Waals surface area contributed by atoms with Crippen molar-refractivity contribution in [3.05, 3.63) is 70.3 Å². The highest BCUT2D eigenvalue weighted by atomic mass is 16.2. The van der Waals surface area contributed by atoms with Gasteiger partial charge in [-0.2, -0.15) is 0 Å². The number of hydrogen-bond acceptors (Lipinski definition) is 2.